The maximum Gasteiger partial charge on any atom is 0.417 e. The van der Waals surface area contributed by atoms with Gasteiger partial charge in [-0.05, 0) is 46.3 Å². The third-order valence-corrected chi connectivity index (χ3v) is 3.45. The summed E-state index contributed by atoms with van der Waals surface area (Å²) < 4.78 is 39.2. The molecular weight excluding hydrogens is 349 g/mol. The topological polar surface area (TPSA) is 55.1 Å². The zero-order chi connectivity index (χ0) is 15.6. The van der Waals surface area contributed by atoms with Gasteiger partial charge in [0.15, 0.2) is 0 Å². The van der Waals surface area contributed by atoms with Crippen LogP contribution in [0.5, 0.6) is 0 Å². The van der Waals surface area contributed by atoms with Gasteiger partial charge in [0.1, 0.15) is 0 Å². The Morgan fingerprint density at radius 1 is 1.14 bits per heavy atom. The van der Waals surface area contributed by atoms with E-state index in [0.29, 0.717) is 15.8 Å². The minimum absolute atomic E-state index is 0.317. The van der Waals surface area contributed by atoms with Gasteiger partial charge in [0.25, 0.3) is 5.91 Å². The van der Waals surface area contributed by atoms with E-state index in [0.717, 1.165) is 12.1 Å². The van der Waals surface area contributed by atoms with Crippen LogP contribution in [0.3, 0.4) is 0 Å². The Morgan fingerprint density at radius 3 is 2.43 bits per heavy atom. The van der Waals surface area contributed by atoms with Gasteiger partial charge in [-0.2, -0.15) is 13.2 Å². The molecule has 0 fully saturated rings. The summed E-state index contributed by atoms with van der Waals surface area (Å²) in [5, 5.41) is 2.40. The fourth-order valence-electron chi connectivity index (χ4n) is 1.75. The quantitative estimate of drug-likeness (QED) is 0.786. The Labute approximate surface area is 127 Å². The Hall–Kier alpha value is -2.02. The van der Waals surface area contributed by atoms with Gasteiger partial charge in [0, 0.05) is 15.8 Å². The van der Waals surface area contributed by atoms with Crippen LogP contribution >= 0.6 is 15.9 Å². The zero-order valence-corrected chi connectivity index (χ0v) is 12.1. The lowest BCUT2D eigenvalue weighted by Crippen LogP contribution is -2.18. The van der Waals surface area contributed by atoms with E-state index in [1.807, 2.05) is 0 Å². The van der Waals surface area contributed by atoms with E-state index >= 15 is 0 Å². The molecule has 0 aliphatic heterocycles. The molecule has 1 amide bonds. The summed E-state index contributed by atoms with van der Waals surface area (Å²) in [6.45, 7) is 0. The van der Waals surface area contributed by atoms with Crippen molar-refractivity contribution in [3.8, 4) is 0 Å². The molecule has 0 bridgehead atoms. The largest absolute Gasteiger partial charge is 0.417 e. The highest BCUT2D eigenvalue weighted by molar-refractivity contribution is 9.10. The minimum atomic E-state index is -4.59. The lowest BCUT2D eigenvalue weighted by Gasteiger charge is -2.13. The SMILES string of the molecule is Nc1cc(NC(=O)c2ccccc2C(F)(F)F)ccc1Br. The maximum absolute atomic E-state index is 12.9. The molecule has 0 aromatic heterocycles. The molecule has 0 atom stereocenters. The smallest absolute Gasteiger partial charge is 0.398 e. The molecule has 2 aromatic rings. The summed E-state index contributed by atoms with van der Waals surface area (Å²) in [7, 11) is 0. The standard InChI is InChI=1S/C14H10BrF3N2O/c15-11-6-5-8(7-12(11)19)20-13(21)9-3-1-2-4-10(9)14(16,17)18/h1-7H,19H2,(H,20,21). The number of nitrogen functional groups attached to an aromatic ring is 1. The minimum Gasteiger partial charge on any atom is -0.398 e. The number of benzene rings is 2. The first-order chi connectivity index (χ1) is 9.79. The third kappa shape index (κ3) is 3.55. The second-order valence-corrected chi connectivity index (χ2v) is 5.09. The number of rotatable bonds is 2. The fraction of sp³-hybridized carbons (Fsp3) is 0.0714. The molecule has 110 valence electrons. The Kier molecular flexibility index (Phi) is 4.22. The molecule has 7 heteroatoms. The van der Waals surface area contributed by atoms with Gasteiger partial charge >= 0.3 is 6.18 Å². The number of hydrogen-bond donors (Lipinski definition) is 2. The molecule has 2 rings (SSSR count). The van der Waals surface area contributed by atoms with Crippen LogP contribution in [0, 0.1) is 0 Å². The number of nitrogens with two attached hydrogens (primary N) is 1. The average molecular weight is 359 g/mol. The molecule has 0 aliphatic rings. The van der Waals surface area contributed by atoms with E-state index in [-0.39, 0.29) is 0 Å². The molecule has 21 heavy (non-hydrogen) atoms. The number of halogens is 4. The molecule has 0 heterocycles. The van der Waals surface area contributed by atoms with Gasteiger partial charge in [-0.1, -0.05) is 12.1 Å². The van der Waals surface area contributed by atoms with Crippen molar-refractivity contribution in [1.29, 1.82) is 0 Å². The second-order valence-electron chi connectivity index (χ2n) is 4.23. The number of carbonyl (C=O) groups excluding carboxylic acids is 1. The number of nitrogens with one attached hydrogen (secondary N) is 1. The summed E-state index contributed by atoms with van der Waals surface area (Å²) in [4.78, 5) is 12.0. The Morgan fingerprint density at radius 2 is 1.81 bits per heavy atom. The normalized spacial score (nSPS) is 11.2. The zero-order valence-electron chi connectivity index (χ0n) is 10.5. The van der Waals surface area contributed by atoms with E-state index in [9.17, 15) is 18.0 Å². The number of amides is 1. The molecular formula is C14H10BrF3N2O. The number of anilines is 2. The van der Waals surface area contributed by atoms with E-state index < -0.39 is 23.2 Å². The first-order valence-corrected chi connectivity index (χ1v) is 6.61. The van der Waals surface area contributed by atoms with Crippen LogP contribution in [0.2, 0.25) is 0 Å². The summed E-state index contributed by atoms with van der Waals surface area (Å²) in [6, 6.07) is 9.19. The lowest BCUT2D eigenvalue weighted by molar-refractivity contribution is -0.137. The van der Waals surface area contributed by atoms with Crippen LogP contribution in [-0.4, -0.2) is 5.91 Å². The molecule has 0 radical (unpaired) electrons. The molecule has 0 saturated heterocycles. The van der Waals surface area contributed by atoms with Gasteiger partial charge < -0.3 is 11.1 Å². The van der Waals surface area contributed by atoms with Crippen LogP contribution < -0.4 is 11.1 Å². The van der Waals surface area contributed by atoms with Crippen molar-refractivity contribution in [2.24, 2.45) is 0 Å². The van der Waals surface area contributed by atoms with E-state index in [2.05, 4.69) is 21.2 Å². The Bertz CT molecular complexity index is 686. The van der Waals surface area contributed by atoms with Gasteiger partial charge in [0.2, 0.25) is 0 Å². The molecule has 0 aliphatic carbocycles. The van der Waals surface area contributed by atoms with Crippen molar-refractivity contribution >= 4 is 33.2 Å². The number of carbonyl (C=O) groups is 1. The number of alkyl halides is 3. The van der Waals surface area contributed by atoms with Crippen molar-refractivity contribution in [1.82, 2.24) is 0 Å². The predicted octanol–water partition coefficient (Wildman–Crippen LogP) is 4.30. The van der Waals surface area contributed by atoms with Crippen LogP contribution in [-0.2, 0) is 6.18 Å². The molecule has 2 aromatic carbocycles. The van der Waals surface area contributed by atoms with Crippen molar-refractivity contribution in [2.75, 3.05) is 11.1 Å². The van der Waals surface area contributed by atoms with Crippen LogP contribution in [0.25, 0.3) is 0 Å². The van der Waals surface area contributed by atoms with E-state index in [1.165, 1.54) is 24.3 Å². The van der Waals surface area contributed by atoms with Crippen LogP contribution in [0.1, 0.15) is 15.9 Å². The maximum atomic E-state index is 12.9. The van der Waals surface area contributed by atoms with Crippen LogP contribution in [0.15, 0.2) is 46.9 Å². The van der Waals surface area contributed by atoms with Gasteiger partial charge in [-0.25, -0.2) is 0 Å². The van der Waals surface area contributed by atoms with Crippen molar-refractivity contribution in [2.45, 2.75) is 6.18 Å². The molecule has 3 N–H and O–H groups in total. The average Bonchev–Trinajstić information content (AvgIpc) is 2.42. The molecule has 0 spiro atoms. The number of hydrogen-bond acceptors (Lipinski definition) is 2. The Balaban J connectivity index is 2.31. The second kappa shape index (κ2) is 5.77. The monoisotopic (exact) mass is 358 g/mol. The third-order valence-electron chi connectivity index (χ3n) is 2.73. The summed E-state index contributed by atoms with van der Waals surface area (Å²) in [5.74, 6) is -0.843. The van der Waals surface area contributed by atoms with Crippen molar-refractivity contribution < 1.29 is 18.0 Å². The van der Waals surface area contributed by atoms with Crippen molar-refractivity contribution in [3.63, 3.8) is 0 Å². The highest BCUT2D eigenvalue weighted by Gasteiger charge is 2.34. The van der Waals surface area contributed by atoms with Gasteiger partial charge in [0.05, 0.1) is 11.1 Å². The van der Waals surface area contributed by atoms with E-state index in [1.54, 1.807) is 6.07 Å². The first-order valence-electron chi connectivity index (χ1n) is 5.81. The van der Waals surface area contributed by atoms with Gasteiger partial charge in [-0.15, -0.1) is 0 Å². The summed E-state index contributed by atoms with van der Waals surface area (Å²) in [5.41, 5.74) is 4.93. The highest BCUT2D eigenvalue weighted by atomic mass is 79.9. The summed E-state index contributed by atoms with van der Waals surface area (Å²) >= 11 is 3.19. The lowest BCUT2D eigenvalue weighted by atomic mass is 10.1. The van der Waals surface area contributed by atoms with Crippen molar-refractivity contribution in [3.05, 3.63) is 58.1 Å². The molecule has 0 unspecified atom stereocenters. The van der Waals surface area contributed by atoms with E-state index in [4.69, 9.17) is 5.73 Å². The first kappa shape index (κ1) is 15.4. The van der Waals surface area contributed by atoms with Gasteiger partial charge in [-0.3, -0.25) is 4.79 Å². The fourth-order valence-corrected chi connectivity index (χ4v) is 1.99. The van der Waals surface area contributed by atoms with Crippen LogP contribution in [0.4, 0.5) is 24.5 Å². The highest BCUT2D eigenvalue weighted by Crippen LogP contribution is 2.32. The molecule has 0 saturated carbocycles. The predicted molar refractivity (Wildman–Crippen MR) is 78.0 cm³/mol. The summed E-state index contributed by atoms with van der Waals surface area (Å²) in [6.07, 6.45) is -4.59. The molecule has 3 nitrogen and oxygen atoms in total.